The summed E-state index contributed by atoms with van der Waals surface area (Å²) >= 11 is 0. The molecule has 0 aliphatic carbocycles. The van der Waals surface area contributed by atoms with Gasteiger partial charge < -0.3 is 0 Å². The molecule has 3 rings (SSSR count). The van der Waals surface area contributed by atoms with Crippen LogP contribution in [0.25, 0.3) is 11.1 Å². The molecule has 0 aliphatic heterocycles. The van der Waals surface area contributed by atoms with Crippen molar-refractivity contribution in [1.29, 1.82) is 0 Å². The fourth-order valence-corrected chi connectivity index (χ4v) is 1.72. The molecular weight excluding hydrogens is 342 g/mol. The molecule has 1 heterocycles. The van der Waals surface area contributed by atoms with Gasteiger partial charge in [-0.15, -0.1) is 5.10 Å². The molecule has 1 aromatic heterocycles. The van der Waals surface area contributed by atoms with E-state index >= 15 is 0 Å². The Morgan fingerprint density at radius 2 is 1.60 bits per heavy atom. The van der Waals surface area contributed by atoms with Crippen LogP contribution in [0.2, 0.25) is 0 Å². The van der Waals surface area contributed by atoms with E-state index in [0.717, 1.165) is 0 Å². The molecule has 107 valence electrons. The van der Waals surface area contributed by atoms with Gasteiger partial charge in [0.15, 0.2) is 0 Å². The maximum atomic E-state index is 3.42. The SMILES string of the molecule is Cc1ccc(-c2ccccc2)cc1C.[Ag].c1c[nH]nn1. The van der Waals surface area contributed by atoms with Crippen molar-refractivity contribution in [2.75, 3.05) is 0 Å². The molecule has 0 bridgehead atoms. The summed E-state index contributed by atoms with van der Waals surface area (Å²) in [5.74, 6) is 0. The quantitative estimate of drug-likeness (QED) is 0.672. The van der Waals surface area contributed by atoms with Crippen LogP contribution in [0.4, 0.5) is 0 Å². The molecule has 0 fully saturated rings. The van der Waals surface area contributed by atoms with Gasteiger partial charge in [-0.3, -0.25) is 5.10 Å². The third-order valence-corrected chi connectivity index (χ3v) is 2.95. The number of benzene rings is 2. The number of nitrogens with one attached hydrogen (secondary N) is 1. The summed E-state index contributed by atoms with van der Waals surface area (Å²) < 4.78 is 0. The van der Waals surface area contributed by atoms with Crippen LogP contribution in [0.15, 0.2) is 60.9 Å². The van der Waals surface area contributed by atoms with E-state index in [-0.39, 0.29) is 22.4 Å². The maximum absolute atomic E-state index is 3.42. The van der Waals surface area contributed by atoms with Crippen molar-refractivity contribution in [3.8, 4) is 11.1 Å². The predicted molar refractivity (Wildman–Crippen MR) is 77.7 cm³/mol. The van der Waals surface area contributed by atoms with Gasteiger partial charge in [-0.1, -0.05) is 53.7 Å². The van der Waals surface area contributed by atoms with Crippen LogP contribution in [-0.2, 0) is 22.4 Å². The second-order valence-corrected chi connectivity index (χ2v) is 4.33. The van der Waals surface area contributed by atoms with Crippen molar-refractivity contribution in [2.45, 2.75) is 13.8 Å². The van der Waals surface area contributed by atoms with Gasteiger partial charge >= 0.3 is 0 Å². The first-order valence-corrected chi connectivity index (χ1v) is 6.20. The Morgan fingerprint density at radius 3 is 2.10 bits per heavy atom. The molecular formula is C16H17AgN3. The first-order valence-electron chi connectivity index (χ1n) is 6.20. The average Bonchev–Trinajstić information content (AvgIpc) is 3.02. The third-order valence-electron chi connectivity index (χ3n) is 2.95. The van der Waals surface area contributed by atoms with Crippen molar-refractivity contribution < 1.29 is 22.4 Å². The molecule has 0 aliphatic rings. The number of rotatable bonds is 1. The van der Waals surface area contributed by atoms with Crippen LogP contribution in [-0.4, -0.2) is 15.4 Å². The van der Waals surface area contributed by atoms with Gasteiger partial charge in [-0.2, -0.15) is 0 Å². The summed E-state index contributed by atoms with van der Waals surface area (Å²) in [6, 6.07) is 17.1. The summed E-state index contributed by atoms with van der Waals surface area (Å²) in [6.07, 6.45) is 3.24. The van der Waals surface area contributed by atoms with Crippen molar-refractivity contribution >= 4 is 0 Å². The van der Waals surface area contributed by atoms with Crippen LogP contribution >= 0.6 is 0 Å². The first-order chi connectivity index (χ1) is 9.27. The third kappa shape index (κ3) is 4.78. The molecule has 1 radical (unpaired) electrons. The molecule has 0 unspecified atom stereocenters. The van der Waals surface area contributed by atoms with E-state index in [2.05, 4.69) is 71.7 Å². The Morgan fingerprint density at radius 1 is 0.850 bits per heavy atom. The van der Waals surface area contributed by atoms with Gasteiger partial charge in [-0.25, -0.2) is 0 Å². The number of aromatic nitrogens is 3. The summed E-state index contributed by atoms with van der Waals surface area (Å²) in [6.45, 7) is 4.30. The summed E-state index contributed by atoms with van der Waals surface area (Å²) in [5, 5.41) is 9.26. The number of aryl methyl sites for hydroxylation is 2. The molecule has 3 aromatic rings. The van der Waals surface area contributed by atoms with Crippen LogP contribution in [0.3, 0.4) is 0 Å². The van der Waals surface area contributed by atoms with Crippen molar-refractivity contribution in [2.24, 2.45) is 0 Å². The predicted octanol–water partition coefficient (Wildman–Crippen LogP) is 3.77. The standard InChI is InChI=1S/C14H14.C2H3N3.Ag/c1-11-8-9-14(10-12(11)2)13-6-4-3-5-7-13;1-2-4-5-3-1;/h3-10H,1-2H3;1-2H,(H,3,4,5);. The second-order valence-electron chi connectivity index (χ2n) is 4.33. The molecule has 4 heteroatoms. The Bertz CT molecular complexity index is 590. The van der Waals surface area contributed by atoms with E-state index in [1.165, 1.54) is 22.3 Å². The van der Waals surface area contributed by atoms with E-state index in [4.69, 9.17) is 0 Å². The van der Waals surface area contributed by atoms with E-state index in [1.54, 1.807) is 12.4 Å². The minimum absolute atomic E-state index is 0. The molecule has 0 atom stereocenters. The van der Waals surface area contributed by atoms with E-state index in [9.17, 15) is 0 Å². The zero-order valence-electron chi connectivity index (χ0n) is 11.5. The average molecular weight is 359 g/mol. The summed E-state index contributed by atoms with van der Waals surface area (Å²) in [5.41, 5.74) is 5.29. The number of hydrogen-bond acceptors (Lipinski definition) is 2. The number of H-pyrrole nitrogens is 1. The Hall–Kier alpha value is -1.68. The molecule has 1 N–H and O–H groups in total. The van der Waals surface area contributed by atoms with Gasteiger partial charge in [-0.05, 0) is 36.1 Å². The van der Waals surface area contributed by atoms with Gasteiger partial charge in [0.2, 0.25) is 0 Å². The topological polar surface area (TPSA) is 41.6 Å². The Kier molecular flexibility index (Phi) is 6.95. The summed E-state index contributed by atoms with van der Waals surface area (Å²) in [7, 11) is 0. The molecule has 2 aromatic carbocycles. The van der Waals surface area contributed by atoms with Crippen molar-refractivity contribution in [3.05, 3.63) is 72.1 Å². The molecule has 20 heavy (non-hydrogen) atoms. The largest absolute Gasteiger partial charge is 0.266 e. The second kappa shape index (κ2) is 8.48. The maximum Gasteiger partial charge on any atom is 0.0690 e. The fraction of sp³-hybridized carbons (Fsp3) is 0.125. The van der Waals surface area contributed by atoms with E-state index in [0.29, 0.717) is 0 Å². The normalized spacial score (nSPS) is 9.10. The monoisotopic (exact) mass is 358 g/mol. The molecule has 3 nitrogen and oxygen atoms in total. The number of aromatic amines is 1. The first kappa shape index (κ1) is 16.4. The van der Waals surface area contributed by atoms with E-state index < -0.39 is 0 Å². The van der Waals surface area contributed by atoms with Gasteiger partial charge in [0.05, 0.1) is 6.20 Å². The minimum Gasteiger partial charge on any atom is -0.266 e. The van der Waals surface area contributed by atoms with Gasteiger partial charge in [0, 0.05) is 28.6 Å². The Labute approximate surface area is 135 Å². The van der Waals surface area contributed by atoms with Crippen LogP contribution in [0, 0.1) is 13.8 Å². The zero-order valence-corrected chi connectivity index (χ0v) is 13.0. The van der Waals surface area contributed by atoms with Crippen LogP contribution in [0.1, 0.15) is 11.1 Å². The number of hydrogen-bond donors (Lipinski definition) is 1. The molecule has 0 amide bonds. The van der Waals surface area contributed by atoms with Crippen molar-refractivity contribution in [1.82, 2.24) is 15.4 Å². The van der Waals surface area contributed by atoms with E-state index in [1.807, 2.05) is 6.07 Å². The van der Waals surface area contributed by atoms with Crippen LogP contribution < -0.4 is 0 Å². The zero-order chi connectivity index (χ0) is 13.5. The molecule has 0 spiro atoms. The van der Waals surface area contributed by atoms with Gasteiger partial charge in [0.1, 0.15) is 0 Å². The van der Waals surface area contributed by atoms with Crippen LogP contribution in [0.5, 0.6) is 0 Å². The summed E-state index contributed by atoms with van der Waals surface area (Å²) in [4.78, 5) is 0. The Balaban J connectivity index is 0.000000283. The van der Waals surface area contributed by atoms with Crippen molar-refractivity contribution in [3.63, 3.8) is 0 Å². The molecule has 0 saturated carbocycles. The fourth-order valence-electron chi connectivity index (χ4n) is 1.72. The molecule has 0 saturated heterocycles. The smallest absolute Gasteiger partial charge is 0.0690 e. The van der Waals surface area contributed by atoms with Gasteiger partial charge in [0.25, 0.3) is 0 Å². The minimum atomic E-state index is 0. The number of nitrogens with zero attached hydrogens (tertiary/aromatic N) is 2.